The summed E-state index contributed by atoms with van der Waals surface area (Å²) >= 11 is 0. The van der Waals surface area contributed by atoms with Gasteiger partial charge in [0.2, 0.25) is 0 Å². The third kappa shape index (κ3) is 3.22. The van der Waals surface area contributed by atoms with Crippen molar-refractivity contribution in [1.82, 2.24) is 19.9 Å². The Hall–Kier alpha value is -3.92. The predicted octanol–water partition coefficient (Wildman–Crippen LogP) is 3.61. The lowest BCUT2D eigenvalue weighted by atomic mass is 10.1. The molecule has 148 valence electrons. The highest BCUT2D eigenvalue weighted by Gasteiger charge is 2.28. The summed E-state index contributed by atoms with van der Waals surface area (Å²) in [7, 11) is 2.10. The summed E-state index contributed by atoms with van der Waals surface area (Å²) in [5.74, 6) is 1.94. The molecule has 1 fully saturated rings. The summed E-state index contributed by atoms with van der Waals surface area (Å²) in [5.41, 5.74) is 3.63. The lowest BCUT2D eigenvalue weighted by Gasteiger charge is -2.26. The smallest absolute Gasteiger partial charge is 0.142 e. The molecule has 3 aromatic heterocycles. The predicted molar refractivity (Wildman–Crippen MR) is 117 cm³/mol. The molecule has 5 rings (SSSR count). The Morgan fingerprint density at radius 3 is 2.67 bits per heavy atom. The van der Waals surface area contributed by atoms with Crippen LogP contribution in [0.4, 0.5) is 11.6 Å². The third-order valence-corrected chi connectivity index (χ3v) is 5.80. The van der Waals surface area contributed by atoms with Crippen molar-refractivity contribution >= 4 is 22.7 Å². The molecule has 1 aliphatic rings. The summed E-state index contributed by atoms with van der Waals surface area (Å²) < 4.78 is 0. The maximum absolute atomic E-state index is 8.95. The van der Waals surface area contributed by atoms with E-state index in [1.54, 1.807) is 6.33 Å². The van der Waals surface area contributed by atoms with Gasteiger partial charge in [-0.15, -0.1) is 0 Å². The fourth-order valence-electron chi connectivity index (χ4n) is 4.05. The number of anilines is 2. The SMILES string of the molecule is CN(c1ccc(-c2ccc(C#N)cc2)cn1)[C@@H]1CCN(c2ncnc3[nH]ccc23)C1. The summed E-state index contributed by atoms with van der Waals surface area (Å²) in [6.45, 7) is 1.85. The second-order valence-corrected chi connectivity index (χ2v) is 7.53. The molecule has 7 nitrogen and oxygen atoms in total. The van der Waals surface area contributed by atoms with Crippen LogP contribution < -0.4 is 9.80 Å². The zero-order chi connectivity index (χ0) is 20.5. The minimum Gasteiger partial charge on any atom is -0.355 e. The van der Waals surface area contributed by atoms with E-state index in [-0.39, 0.29) is 0 Å². The molecule has 0 aliphatic carbocycles. The Bertz CT molecular complexity index is 1210. The van der Waals surface area contributed by atoms with Gasteiger partial charge in [0.25, 0.3) is 0 Å². The molecule has 0 spiro atoms. The molecular weight excluding hydrogens is 374 g/mol. The topological polar surface area (TPSA) is 84.7 Å². The molecule has 1 N–H and O–H groups in total. The number of hydrogen-bond donors (Lipinski definition) is 1. The van der Waals surface area contributed by atoms with Crippen LogP contribution in [0.5, 0.6) is 0 Å². The highest BCUT2D eigenvalue weighted by molar-refractivity contribution is 5.87. The number of rotatable bonds is 4. The molecule has 4 aromatic rings. The van der Waals surface area contributed by atoms with Crippen LogP contribution in [0.1, 0.15) is 12.0 Å². The summed E-state index contributed by atoms with van der Waals surface area (Å²) in [6, 6.07) is 16.3. The number of nitriles is 1. The number of aromatic amines is 1. The van der Waals surface area contributed by atoms with Gasteiger partial charge in [-0.3, -0.25) is 0 Å². The van der Waals surface area contributed by atoms with Gasteiger partial charge in [-0.1, -0.05) is 12.1 Å². The van der Waals surface area contributed by atoms with E-state index in [0.29, 0.717) is 11.6 Å². The van der Waals surface area contributed by atoms with Crippen LogP contribution in [-0.2, 0) is 0 Å². The van der Waals surface area contributed by atoms with E-state index in [4.69, 9.17) is 10.2 Å². The van der Waals surface area contributed by atoms with E-state index in [1.807, 2.05) is 42.7 Å². The van der Waals surface area contributed by atoms with E-state index in [9.17, 15) is 0 Å². The van der Waals surface area contributed by atoms with E-state index < -0.39 is 0 Å². The number of pyridine rings is 1. The first-order valence-electron chi connectivity index (χ1n) is 9.95. The average molecular weight is 395 g/mol. The van der Waals surface area contributed by atoms with Crippen molar-refractivity contribution in [3.05, 3.63) is 66.7 Å². The molecule has 1 aromatic carbocycles. The van der Waals surface area contributed by atoms with E-state index in [0.717, 1.165) is 53.3 Å². The van der Waals surface area contributed by atoms with Gasteiger partial charge in [-0.25, -0.2) is 15.0 Å². The van der Waals surface area contributed by atoms with Crippen LogP contribution in [0.3, 0.4) is 0 Å². The van der Waals surface area contributed by atoms with Crippen molar-refractivity contribution < 1.29 is 0 Å². The van der Waals surface area contributed by atoms with Gasteiger partial charge in [-0.05, 0) is 42.3 Å². The van der Waals surface area contributed by atoms with Crippen LogP contribution in [0, 0.1) is 11.3 Å². The van der Waals surface area contributed by atoms with Crippen molar-refractivity contribution in [2.75, 3.05) is 29.9 Å². The number of hydrogen-bond acceptors (Lipinski definition) is 6. The largest absolute Gasteiger partial charge is 0.355 e. The Labute approximate surface area is 174 Å². The second kappa shape index (κ2) is 7.48. The van der Waals surface area contributed by atoms with Gasteiger partial charge in [0.15, 0.2) is 0 Å². The Kier molecular flexibility index (Phi) is 4.52. The molecule has 0 unspecified atom stereocenters. The van der Waals surface area contributed by atoms with Crippen LogP contribution in [0.2, 0.25) is 0 Å². The fraction of sp³-hybridized carbons (Fsp3) is 0.217. The number of benzene rings is 1. The lowest BCUT2D eigenvalue weighted by molar-refractivity contribution is 0.684. The zero-order valence-corrected chi connectivity index (χ0v) is 16.7. The number of nitrogens with zero attached hydrogens (tertiary/aromatic N) is 6. The molecule has 0 amide bonds. The number of nitrogens with one attached hydrogen (secondary N) is 1. The first kappa shape index (κ1) is 18.1. The van der Waals surface area contributed by atoms with Gasteiger partial charge in [0, 0.05) is 44.1 Å². The fourth-order valence-corrected chi connectivity index (χ4v) is 4.05. The maximum Gasteiger partial charge on any atom is 0.142 e. The van der Waals surface area contributed by atoms with Gasteiger partial charge in [0.05, 0.1) is 17.0 Å². The summed E-state index contributed by atoms with van der Waals surface area (Å²) in [6.07, 6.45) is 6.47. The standard InChI is InChI=1S/C23H21N7/c1-29(21-7-6-18(13-26-21)17-4-2-16(12-24)3-5-17)19-9-11-30(14-19)23-20-8-10-25-22(20)27-15-28-23/h2-8,10,13,15,19H,9,11,14H2,1H3,(H,25,27,28)/t19-/m1/s1. The average Bonchev–Trinajstić information content (AvgIpc) is 3.48. The highest BCUT2D eigenvalue weighted by atomic mass is 15.3. The molecule has 1 atom stereocenters. The summed E-state index contributed by atoms with van der Waals surface area (Å²) in [5, 5.41) is 10.0. The van der Waals surface area contributed by atoms with Gasteiger partial charge in [0.1, 0.15) is 23.6 Å². The van der Waals surface area contributed by atoms with Gasteiger partial charge in [-0.2, -0.15) is 5.26 Å². The number of H-pyrrole nitrogens is 1. The lowest BCUT2D eigenvalue weighted by Crippen LogP contribution is -2.35. The number of fused-ring (bicyclic) bond motifs is 1. The molecule has 0 radical (unpaired) electrons. The van der Waals surface area contributed by atoms with Crippen molar-refractivity contribution in [3.63, 3.8) is 0 Å². The Morgan fingerprint density at radius 1 is 1.07 bits per heavy atom. The van der Waals surface area contributed by atoms with Crippen LogP contribution in [0.25, 0.3) is 22.2 Å². The molecule has 0 bridgehead atoms. The normalized spacial score (nSPS) is 16.0. The van der Waals surface area contributed by atoms with E-state index in [1.165, 1.54) is 0 Å². The minimum atomic E-state index is 0.363. The Balaban J connectivity index is 1.31. The number of likely N-dealkylation sites (N-methyl/N-ethyl adjacent to an activating group) is 1. The third-order valence-electron chi connectivity index (χ3n) is 5.80. The van der Waals surface area contributed by atoms with Crippen LogP contribution >= 0.6 is 0 Å². The van der Waals surface area contributed by atoms with Gasteiger partial charge >= 0.3 is 0 Å². The van der Waals surface area contributed by atoms with Crippen molar-refractivity contribution in [1.29, 1.82) is 5.26 Å². The molecule has 0 saturated carbocycles. The quantitative estimate of drug-likeness (QED) is 0.568. The second-order valence-electron chi connectivity index (χ2n) is 7.53. The maximum atomic E-state index is 8.95. The monoisotopic (exact) mass is 395 g/mol. The zero-order valence-electron chi connectivity index (χ0n) is 16.7. The molecule has 7 heteroatoms. The molecule has 1 saturated heterocycles. The van der Waals surface area contributed by atoms with Crippen LogP contribution in [-0.4, -0.2) is 46.1 Å². The van der Waals surface area contributed by atoms with E-state index >= 15 is 0 Å². The Morgan fingerprint density at radius 2 is 1.90 bits per heavy atom. The highest BCUT2D eigenvalue weighted by Crippen LogP contribution is 2.28. The first-order valence-corrected chi connectivity index (χ1v) is 9.95. The van der Waals surface area contributed by atoms with Crippen molar-refractivity contribution in [2.45, 2.75) is 12.5 Å². The number of aromatic nitrogens is 4. The van der Waals surface area contributed by atoms with Crippen molar-refractivity contribution in [2.24, 2.45) is 0 Å². The molecule has 30 heavy (non-hydrogen) atoms. The minimum absolute atomic E-state index is 0.363. The van der Waals surface area contributed by atoms with Crippen molar-refractivity contribution in [3.8, 4) is 17.2 Å². The molecular formula is C23H21N7. The first-order chi connectivity index (χ1) is 14.7. The molecule has 4 heterocycles. The summed E-state index contributed by atoms with van der Waals surface area (Å²) in [4.78, 5) is 21.2. The molecule has 1 aliphatic heterocycles. The van der Waals surface area contributed by atoms with Gasteiger partial charge < -0.3 is 14.8 Å². The van der Waals surface area contributed by atoms with Crippen LogP contribution in [0.15, 0.2) is 61.2 Å². The van der Waals surface area contributed by atoms with E-state index in [2.05, 4.69) is 50.0 Å².